The van der Waals surface area contributed by atoms with E-state index in [9.17, 15) is 4.79 Å². The van der Waals surface area contributed by atoms with Crippen molar-refractivity contribution in [3.63, 3.8) is 0 Å². The first-order valence-electron chi connectivity index (χ1n) is 7.03. The van der Waals surface area contributed by atoms with Crippen LogP contribution in [0.25, 0.3) is 0 Å². The number of hydrogen-bond donors (Lipinski definition) is 1. The molecule has 0 saturated heterocycles. The monoisotopic (exact) mass is 339 g/mol. The van der Waals surface area contributed by atoms with Crippen molar-refractivity contribution < 1.29 is 4.79 Å². The number of carbonyl (C=O) groups excluding carboxylic acids is 1. The third kappa shape index (κ3) is 1.89. The molecule has 20 heavy (non-hydrogen) atoms. The SMILES string of the molecule is C[N+]1(C)c2nccc(n2)C12CCC(NC(=O)CBr)CC2. The van der Waals surface area contributed by atoms with Crippen molar-refractivity contribution in [3.05, 3.63) is 18.0 Å². The van der Waals surface area contributed by atoms with Gasteiger partial charge in [0.1, 0.15) is 11.2 Å². The zero-order valence-corrected chi connectivity index (χ0v) is 13.5. The molecule has 2 bridgehead atoms. The van der Waals surface area contributed by atoms with Crippen LogP contribution in [0.4, 0.5) is 5.95 Å². The van der Waals surface area contributed by atoms with Crippen LogP contribution >= 0.6 is 15.9 Å². The molecule has 1 fully saturated rings. The Morgan fingerprint density at radius 2 is 2.20 bits per heavy atom. The number of aromatic nitrogens is 2. The Bertz CT molecular complexity index is 538. The van der Waals surface area contributed by atoms with Crippen molar-refractivity contribution in [1.29, 1.82) is 0 Å². The third-order valence-corrected chi connectivity index (χ3v) is 5.50. The summed E-state index contributed by atoms with van der Waals surface area (Å²) in [7, 11) is 4.39. The highest BCUT2D eigenvalue weighted by molar-refractivity contribution is 9.09. The molecule has 2 heterocycles. The largest absolute Gasteiger partial charge is 0.353 e. The molecule has 5 nitrogen and oxygen atoms in total. The van der Waals surface area contributed by atoms with Crippen LogP contribution in [0, 0.1) is 0 Å². The first-order chi connectivity index (χ1) is 9.49. The zero-order valence-electron chi connectivity index (χ0n) is 11.9. The summed E-state index contributed by atoms with van der Waals surface area (Å²) in [6, 6.07) is 2.34. The molecule has 0 radical (unpaired) electrons. The zero-order chi connectivity index (χ0) is 14.4. The summed E-state index contributed by atoms with van der Waals surface area (Å²) in [5.41, 5.74) is 1.21. The number of alkyl halides is 1. The van der Waals surface area contributed by atoms with Crippen LogP contribution in [0.1, 0.15) is 31.4 Å². The van der Waals surface area contributed by atoms with Gasteiger partial charge in [-0.2, -0.15) is 9.97 Å². The Morgan fingerprint density at radius 1 is 1.50 bits per heavy atom. The van der Waals surface area contributed by atoms with Gasteiger partial charge in [-0.3, -0.25) is 9.28 Å². The molecule has 1 amide bonds. The van der Waals surface area contributed by atoms with E-state index in [1.807, 2.05) is 12.3 Å². The Hall–Kier alpha value is -1.01. The Morgan fingerprint density at radius 3 is 2.80 bits per heavy atom. The molecule has 3 rings (SSSR count). The number of quaternary nitrogens is 1. The molecule has 6 heteroatoms. The lowest BCUT2D eigenvalue weighted by molar-refractivity contribution is -0.119. The number of fused-ring (bicyclic) bond motifs is 3. The number of halogens is 1. The third-order valence-electron chi connectivity index (χ3n) is 4.99. The van der Waals surface area contributed by atoms with Crippen LogP contribution in [-0.2, 0) is 10.3 Å². The van der Waals surface area contributed by atoms with E-state index >= 15 is 0 Å². The van der Waals surface area contributed by atoms with Crippen molar-refractivity contribution in [2.24, 2.45) is 0 Å². The van der Waals surface area contributed by atoms with Gasteiger partial charge in [-0.1, -0.05) is 15.9 Å². The van der Waals surface area contributed by atoms with Crippen molar-refractivity contribution in [1.82, 2.24) is 19.8 Å². The van der Waals surface area contributed by atoms with E-state index in [0.29, 0.717) is 5.33 Å². The van der Waals surface area contributed by atoms with Crippen LogP contribution < -0.4 is 9.80 Å². The Labute approximate surface area is 127 Å². The highest BCUT2D eigenvalue weighted by Gasteiger charge is 2.57. The van der Waals surface area contributed by atoms with E-state index in [4.69, 9.17) is 0 Å². The summed E-state index contributed by atoms with van der Waals surface area (Å²) < 4.78 is 0.731. The average Bonchev–Trinajstić information content (AvgIpc) is 2.60. The van der Waals surface area contributed by atoms with Gasteiger partial charge < -0.3 is 5.32 Å². The summed E-state index contributed by atoms with van der Waals surface area (Å²) in [5.74, 6) is 0.983. The molecule has 2 aliphatic rings. The average molecular weight is 340 g/mol. The van der Waals surface area contributed by atoms with Gasteiger partial charge in [0.2, 0.25) is 5.91 Å². The molecule has 1 aromatic heterocycles. The number of carbonyl (C=O) groups is 1. The van der Waals surface area contributed by atoms with Gasteiger partial charge in [-0.25, -0.2) is 0 Å². The molecular weight excluding hydrogens is 320 g/mol. The molecule has 1 aliphatic heterocycles. The summed E-state index contributed by atoms with van der Waals surface area (Å²) in [6.07, 6.45) is 5.94. The normalized spacial score (nSPS) is 30.4. The van der Waals surface area contributed by atoms with Crippen molar-refractivity contribution in [3.8, 4) is 0 Å². The fraction of sp³-hybridized carbons (Fsp3) is 0.643. The molecule has 1 aromatic rings. The van der Waals surface area contributed by atoms with Gasteiger partial charge >= 0.3 is 5.95 Å². The lowest BCUT2D eigenvalue weighted by atomic mass is 9.75. The fourth-order valence-corrected chi connectivity index (χ4v) is 3.84. The predicted octanol–water partition coefficient (Wildman–Crippen LogP) is 1.71. The maximum Gasteiger partial charge on any atom is 0.329 e. The van der Waals surface area contributed by atoms with Gasteiger partial charge in [0.25, 0.3) is 0 Å². The number of hydrogen-bond acceptors (Lipinski definition) is 3. The highest BCUT2D eigenvalue weighted by Crippen LogP contribution is 2.49. The predicted molar refractivity (Wildman–Crippen MR) is 81.5 cm³/mol. The number of nitrogens with one attached hydrogen (secondary N) is 1. The minimum absolute atomic E-state index is 0.0431. The second-order valence-corrected chi connectivity index (χ2v) is 6.76. The van der Waals surface area contributed by atoms with Crippen molar-refractivity contribution in [2.75, 3.05) is 19.4 Å². The van der Waals surface area contributed by atoms with E-state index in [0.717, 1.165) is 41.8 Å². The fourth-order valence-electron chi connectivity index (χ4n) is 3.68. The summed E-state index contributed by atoms with van der Waals surface area (Å²) >= 11 is 3.20. The summed E-state index contributed by atoms with van der Waals surface area (Å²) in [6.45, 7) is 0. The molecule has 1 saturated carbocycles. The van der Waals surface area contributed by atoms with Crippen LogP contribution in [0.5, 0.6) is 0 Å². The summed E-state index contributed by atoms with van der Waals surface area (Å²) in [5, 5.41) is 3.46. The lowest BCUT2D eigenvalue weighted by Gasteiger charge is -2.45. The van der Waals surface area contributed by atoms with Crippen molar-refractivity contribution >= 4 is 27.8 Å². The quantitative estimate of drug-likeness (QED) is 0.659. The molecular formula is C14H20BrN4O+. The van der Waals surface area contributed by atoms with Gasteiger partial charge in [0, 0.05) is 25.1 Å². The van der Waals surface area contributed by atoms with E-state index in [1.165, 1.54) is 0 Å². The number of rotatable bonds is 2. The van der Waals surface area contributed by atoms with E-state index in [-0.39, 0.29) is 17.5 Å². The first kappa shape index (κ1) is 13.9. The number of nitrogens with zero attached hydrogens (tertiary/aromatic N) is 3. The van der Waals surface area contributed by atoms with Gasteiger partial charge in [-0.15, -0.1) is 0 Å². The molecule has 0 atom stereocenters. The molecule has 0 unspecified atom stereocenters. The Kier molecular flexibility index (Phi) is 3.33. The van der Waals surface area contributed by atoms with E-state index in [2.05, 4.69) is 45.3 Å². The minimum atomic E-state index is 0.0431. The smallest absolute Gasteiger partial charge is 0.329 e. The molecule has 1 aliphatic carbocycles. The van der Waals surface area contributed by atoms with Crippen LogP contribution in [0.2, 0.25) is 0 Å². The van der Waals surface area contributed by atoms with Gasteiger partial charge in [0.15, 0.2) is 0 Å². The lowest BCUT2D eigenvalue weighted by Crippen LogP contribution is -2.58. The van der Waals surface area contributed by atoms with Gasteiger partial charge in [-0.05, 0) is 18.9 Å². The minimum Gasteiger partial charge on any atom is -0.353 e. The summed E-state index contributed by atoms with van der Waals surface area (Å²) in [4.78, 5) is 20.6. The van der Waals surface area contributed by atoms with Crippen LogP contribution in [0.3, 0.4) is 0 Å². The standard InChI is InChI=1S/C14H19BrN4O/c1-19(2)13-16-8-5-11(18-13)14(19)6-3-10(4-7-14)17-12(20)9-15/h5,8,10H,3-4,6-7,9H2,1-2H3/p+1. The molecule has 108 valence electrons. The molecule has 1 N–H and O–H groups in total. The number of amides is 1. The second-order valence-electron chi connectivity index (χ2n) is 6.20. The topological polar surface area (TPSA) is 54.9 Å². The molecule has 0 aromatic carbocycles. The maximum atomic E-state index is 11.5. The van der Waals surface area contributed by atoms with Crippen molar-refractivity contribution in [2.45, 2.75) is 37.3 Å². The Balaban J connectivity index is 1.78. The molecule has 1 spiro atoms. The maximum absolute atomic E-state index is 11.5. The second kappa shape index (κ2) is 4.77. The first-order valence-corrected chi connectivity index (χ1v) is 8.15. The van der Waals surface area contributed by atoms with Crippen LogP contribution in [-0.4, -0.2) is 41.3 Å². The highest BCUT2D eigenvalue weighted by atomic mass is 79.9. The van der Waals surface area contributed by atoms with E-state index in [1.54, 1.807) is 0 Å². The van der Waals surface area contributed by atoms with Gasteiger partial charge in [0.05, 0.1) is 19.4 Å². The van der Waals surface area contributed by atoms with Crippen LogP contribution in [0.15, 0.2) is 12.3 Å². The van der Waals surface area contributed by atoms with E-state index < -0.39 is 0 Å².